The Labute approximate surface area is 126 Å². The fraction of sp³-hybridized carbons (Fsp3) is 0.588. The fourth-order valence-corrected chi connectivity index (χ4v) is 2.95. The molecule has 1 aliphatic rings. The van der Waals surface area contributed by atoms with Crippen LogP contribution in [-0.2, 0) is 11.3 Å². The largest absolute Gasteiger partial charge is 0.494 e. The van der Waals surface area contributed by atoms with Crippen LogP contribution in [0.25, 0.3) is 0 Å². The van der Waals surface area contributed by atoms with Gasteiger partial charge in [0.1, 0.15) is 5.75 Å². The molecule has 0 bridgehead atoms. The number of carbonyl (C=O) groups is 1. The van der Waals surface area contributed by atoms with Gasteiger partial charge in [0, 0.05) is 6.54 Å². The molecule has 1 fully saturated rings. The lowest BCUT2D eigenvalue weighted by atomic mass is 9.82. The van der Waals surface area contributed by atoms with Crippen LogP contribution in [0.15, 0.2) is 24.3 Å². The third kappa shape index (κ3) is 5.05. The fourth-order valence-electron chi connectivity index (χ4n) is 2.95. The predicted octanol–water partition coefficient (Wildman–Crippen LogP) is 3.07. The topological polar surface area (TPSA) is 58.6 Å². The molecule has 1 aliphatic carbocycles. The van der Waals surface area contributed by atoms with Crippen LogP contribution in [0.1, 0.15) is 38.2 Å². The van der Waals surface area contributed by atoms with E-state index in [1.54, 1.807) is 0 Å². The lowest BCUT2D eigenvalue weighted by Gasteiger charge is -2.26. The molecule has 0 saturated heterocycles. The molecule has 1 saturated carbocycles. The number of aliphatic carboxylic acids is 1. The number of hydrogen-bond acceptors (Lipinski definition) is 3. The highest BCUT2D eigenvalue weighted by molar-refractivity contribution is 5.69. The first-order chi connectivity index (χ1) is 10.2. The molecule has 2 N–H and O–H groups in total. The van der Waals surface area contributed by atoms with E-state index in [4.69, 9.17) is 9.84 Å². The minimum absolute atomic E-state index is 0.121. The average molecular weight is 291 g/mol. The molecule has 116 valence electrons. The standard InChI is InChI=1S/C17H25NO3/c1-2-21-16-5-3-4-14(10-16)12-18-11-13-6-8-15(9-7-13)17(19)20/h3-5,10,13,15,18H,2,6-9,11-12H2,1H3,(H,19,20). The summed E-state index contributed by atoms with van der Waals surface area (Å²) < 4.78 is 5.49. The smallest absolute Gasteiger partial charge is 0.306 e. The first-order valence-corrected chi connectivity index (χ1v) is 7.84. The number of hydrogen-bond donors (Lipinski definition) is 2. The molecular weight excluding hydrogens is 266 g/mol. The Hall–Kier alpha value is -1.55. The van der Waals surface area contributed by atoms with Crippen LogP contribution in [0.4, 0.5) is 0 Å². The second-order valence-electron chi connectivity index (χ2n) is 5.77. The van der Waals surface area contributed by atoms with E-state index < -0.39 is 5.97 Å². The van der Waals surface area contributed by atoms with Crippen molar-refractivity contribution in [2.45, 2.75) is 39.2 Å². The van der Waals surface area contributed by atoms with Crippen molar-refractivity contribution >= 4 is 5.97 Å². The van der Waals surface area contributed by atoms with Gasteiger partial charge in [0.25, 0.3) is 0 Å². The predicted molar refractivity (Wildman–Crippen MR) is 82.4 cm³/mol. The second kappa shape index (κ2) is 8.03. The minimum Gasteiger partial charge on any atom is -0.494 e. The molecule has 1 aromatic carbocycles. The van der Waals surface area contributed by atoms with Crippen LogP contribution in [0.2, 0.25) is 0 Å². The highest BCUT2D eigenvalue weighted by atomic mass is 16.5. The van der Waals surface area contributed by atoms with Crippen molar-refractivity contribution in [2.75, 3.05) is 13.2 Å². The maximum absolute atomic E-state index is 10.9. The third-order valence-corrected chi connectivity index (χ3v) is 4.17. The summed E-state index contributed by atoms with van der Waals surface area (Å²) in [6.45, 7) is 4.47. The van der Waals surface area contributed by atoms with Gasteiger partial charge in [-0.15, -0.1) is 0 Å². The Morgan fingerprint density at radius 3 is 2.76 bits per heavy atom. The maximum Gasteiger partial charge on any atom is 0.306 e. The van der Waals surface area contributed by atoms with Crippen LogP contribution in [0.3, 0.4) is 0 Å². The summed E-state index contributed by atoms with van der Waals surface area (Å²) in [7, 11) is 0. The minimum atomic E-state index is -0.630. The number of nitrogens with one attached hydrogen (secondary N) is 1. The summed E-state index contributed by atoms with van der Waals surface area (Å²) in [4.78, 5) is 10.9. The summed E-state index contributed by atoms with van der Waals surface area (Å²) in [6.07, 6.45) is 3.68. The van der Waals surface area contributed by atoms with Gasteiger partial charge in [-0.2, -0.15) is 0 Å². The van der Waals surface area contributed by atoms with Crippen molar-refractivity contribution < 1.29 is 14.6 Å². The Morgan fingerprint density at radius 2 is 2.10 bits per heavy atom. The van der Waals surface area contributed by atoms with Gasteiger partial charge in [0.05, 0.1) is 12.5 Å². The zero-order chi connectivity index (χ0) is 15.1. The zero-order valence-corrected chi connectivity index (χ0v) is 12.7. The van der Waals surface area contributed by atoms with Crippen LogP contribution < -0.4 is 10.1 Å². The average Bonchev–Trinajstić information content (AvgIpc) is 2.48. The first kappa shape index (κ1) is 15.8. The Kier molecular flexibility index (Phi) is 6.05. The second-order valence-corrected chi connectivity index (χ2v) is 5.77. The van der Waals surface area contributed by atoms with Crippen molar-refractivity contribution in [3.63, 3.8) is 0 Å². The Bertz CT molecular complexity index is 453. The molecule has 0 unspecified atom stereocenters. The lowest BCUT2D eigenvalue weighted by molar-refractivity contribution is -0.143. The number of rotatable bonds is 7. The first-order valence-electron chi connectivity index (χ1n) is 7.84. The third-order valence-electron chi connectivity index (χ3n) is 4.17. The number of carboxylic acid groups (broad SMARTS) is 1. The van der Waals surface area contributed by atoms with E-state index in [1.807, 2.05) is 19.1 Å². The maximum atomic E-state index is 10.9. The lowest BCUT2D eigenvalue weighted by Crippen LogP contribution is -2.28. The van der Waals surface area contributed by atoms with E-state index in [0.717, 1.165) is 44.5 Å². The monoisotopic (exact) mass is 291 g/mol. The molecule has 4 heteroatoms. The van der Waals surface area contributed by atoms with Gasteiger partial charge in [-0.3, -0.25) is 4.79 Å². The van der Waals surface area contributed by atoms with Crippen LogP contribution in [0.5, 0.6) is 5.75 Å². The number of benzene rings is 1. The number of ether oxygens (including phenoxy) is 1. The molecule has 1 aromatic rings. The molecule has 21 heavy (non-hydrogen) atoms. The van der Waals surface area contributed by atoms with Crippen molar-refractivity contribution in [2.24, 2.45) is 11.8 Å². The summed E-state index contributed by atoms with van der Waals surface area (Å²) in [5.74, 6) is 0.771. The molecular formula is C17H25NO3. The van der Waals surface area contributed by atoms with E-state index in [9.17, 15) is 4.79 Å². The highest BCUT2D eigenvalue weighted by Crippen LogP contribution is 2.28. The molecule has 0 spiro atoms. The zero-order valence-electron chi connectivity index (χ0n) is 12.7. The Balaban J connectivity index is 1.70. The van der Waals surface area contributed by atoms with E-state index >= 15 is 0 Å². The van der Waals surface area contributed by atoms with Gasteiger partial charge in [0.15, 0.2) is 0 Å². The van der Waals surface area contributed by atoms with E-state index in [-0.39, 0.29) is 5.92 Å². The van der Waals surface area contributed by atoms with Crippen LogP contribution in [-0.4, -0.2) is 24.2 Å². The van der Waals surface area contributed by atoms with Crippen molar-refractivity contribution in [3.05, 3.63) is 29.8 Å². The molecule has 0 radical (unpaired) electrons. The van der Waals surface area contributed by atoms with Crippen LogP contribution in [0, 0.1) is 11.8 Å². The summed E-state index contributed by atoms with van der Waals surface area (Å²) in [6, 6.07) is 8.15. The molecule has 0 amide bonds. The normalized spacial score (nSPS) is 22.0. The molecule has 4 nitrogen and oxygen atoms in total. The number of carboxylic acids is 1. The van der Waals surface area contributed by atoms with Gasteiger partial charge in [-0.05, 0) is 62.8 Å². The van der Waals surface area contributed by atoms with Gasteiger partial charge in [-0.1, -0.05) is 12.1 Å². The SMILES string of the molecule is CCOc1cccc(CNCC2CCC(C(=O)O)CC2)c1. The van der Waals surface area contributed by atoms with Crippen molar-refractivity contribution in [1.29, 1.82) is 0 Å². The summed E-state index contributed by atoms with van der Waals surface area (Å²) in [5, 5.41) is 12.5. The van der Waals surface area contributed by atoms with Crippen molar-refractivity contribution in [1.82, 2.24) is 5.32 Å². The molecule has 0 aromatic heterocycles. The van der Waals surface area contributed by atoms with Crippen LogP contribution >= 0.6 is 0 Å². The van der Waals surface area contributed by atoms with E-state index in [0.29, 0.717) is 12.5 Å². The van der Waals surface area contributed by atoms with Gasteiger partial charge in [0.2, 0.25) is 0 Å². The summed E-state index contributed by atoms with van der Waals surface area (Å²) >= 11 is 0. The molecule has 0 atom stereocenters. The van der Waals surface area contributed by atoms with E-state index in [1.165, 1.54) is 5.56 Å². The highest BCUT2D eigenvalue weighted by Gasteiger charge is 2.25. The Morgan fingerprint density at radius 1 is 1.33 bits per heavy atom. The van der Waals surface area contributed by atoms with E-state index in [2.05, 4.69) is 17.4 Å². The van der Waals surface area contributed by atoms with Crippen molar-refractivity contribution in [3.8, 4) is 5.75 Å². The molecule has 2 rings (SSSR count). The quantitative estimate of drug-likeness (QED) is 0.810. The summed E-state index contributed by atoms with van der Waals surface area (Å²) in [5.41, 5.74) is 1.22. The van der Waals surface area contributed by atoms with Gasteiger partial charge >= 0.3 is 5.97 Å². The van der Waals surface area contributed by atoms with Gasteiger partial charge < -0.3 is 15.2 Å². The molecule has 0 heterocycles. The molecule has 0 aliphatic heterocycles. The van der Waals surface area contributed by atoms with Gasteiger partial charge in [-0.25, -0.2) is 0 Å².